The number of hydrogen-bond acceptors (Lipinski definition) is 2. The van der Waals surface area contributed by atoms with Gasteiger partial charge in [0, 0.05) is 12.3 Å². The van der Waals surface area contributed by atoms with Crippen LogP contribution in [0, 0.1) is 0 Å². The van der Waals surface area contributed by atoms with Gasteiger partial charge in [-0.05, 0) is 19.8 Å². The van der Waals surface area contributed by atoms with Crippen molar-refractivity contribution in [2.24, 2.45) is 0 Å². The van der Waals surface area contributed by atoms with E-state index in [1.54, 1.807) is 0 Å². The van der Waals surface area contributed by atoms with E-state index in [-0.39, 0.29) is 5.97 Å². The van der Waals surface area contributed by atoms with Gasteiger partial charge in [-0.25, -0.2) is 0 Å². The molecule has 0 saturated carbocycles. The van der Waals surface area contributed by atoms with Gasteiger partial charge in [-0.2, -0.15) is 0 Å². The van der Waals surface area contributed by atoms with Crippen molar-refractivity contribution in [2.75, 3.05) is 12.5 Å². The molecule has 70 valence electrons. The standard InChI is InChI=1S/C9H15ClO2/c1-2-12-9(11)7-5-3-4-6-8-10/h4,6H,2-3,5,7-8H2,1H3. The molecule has 0 unspecified atom stereocenters. The number of hydrogen-bond donors (Lipinski definition) is 0. The Labute approximate surface area is 78.5 Å². The van der Waals surface area contributed by atoms with Crippen LogP contribution in [0.5, 0.6) is 0 Å². The summed E-state index contributed by atoms with van der Waals surface area (Å²) in [6, 6.07) is 0. The summed E-state index contributed by atoms with van der Waals surface area (Å²) in [4.78, 5) is 10.8. The van der Waals surface area contributed by atoms with Crippen molar-refractivity contribution in [1.82, 2.24) is 0 Å². The first kappa shape index (κ1) is 11.5. The zero-order valence-electron chi connectivity index (χ0n) is 7.38. The van der Waals surface area contributed by atoms with E-state index in [0.717, 1.165) is 12.8 Å². The molecule has 0 saturated heterocycles. The van der Waals surface area contributed by atoms with Crippen LogP contribution in [0.1, 0.15) is 26.2 Å². The predicted octanol–water partition coefficient (Wildman–Crippen LogP) is 2.51. The molecule has 0 aliphatic rings. The number of carbonyl (C=O) groups is 1. The highest BCUT2D eigenvalue weighted by Crippen LogP contribution is 1.98. The van der Waals surface area contributed by atoms with Crippen molar-refractivity contribution in [3.05, 3.63) is 12.2 Å². The fraction of sp³-hybridized carbons (Fsp3) is 0.667. The monoisotopic (exact) mass is 190 g/mol. The highest BCUT2D eigenvalue weighted by molar-refractivity contribution is 6.18. The number of halogens is 1. The van der Waals surface area contributed by atoms with Crippen LogP contribution < -0.4 is 0 Å². The van der Waals surface area contributed by atoms with Gasteiger partial charge < -0.3 is 4.74 Å². The lowest BCUT2D eigenvalue weighted by atomic mass is 10.2. The van der Waals surface area contributed by atoms with Crippen LogP contribution in [0.3, 0.4) is 0 Å². The van der Waals surface area contributed by atoms with Crippen LogP contribution in [-0.4, -0.2) is 18.5 Å². The largest absolute Gasteiger partial charge is 0.466 e. The molecule has 0 bridgehead atoms. The molecule has 2 nitrogen and oxygen atoms in total. The molecule has 0 spiro atoms. The SMILES string of the molecule is CCOC(=O)CCCC=CCCl. The normalized spacial score (nSPS) is 10.5. The molecule has 0 aromatic rings. The second kappa shape index (κ2) is 8.60. The summed E-state index contributed by atoms with van der Waals surface area (Å²) in [7, 11) is 0. The molecular weight excluding hydrogens is 176 g/mol. The summed E-state index contributed by atoms with van der Waals surface area (Å²) in [6.07, 6.45) is 6.09. The zero-order chi connectivity index (χ0) is 9.23. The average Bonchev–Trinajstić information content (AvgIpc) is 2.05. The fourth-order valence-corrected chi connectivity index (χ4v) is 0.904. The molecule has 0 aromatic heterocycles. The Morgan fingerprint density at radius 3 is 2.83 bits per heavy atom. The molecule has 0 atom stereocenters. The summed E-state index contributed by atoms with van der Waals surface area (Å²) in [5.74, 6) is 0.427. The second-order valence-electron chi connectivity index (χ2n) is 2.32. The Hall–Kier alpha value is -0.500. The van der Waals surface area contributed by atoms with Crippen molar-refractivity contribution < 1.29 is 9.53 Å². The Kier molecular flexibility index (Phi) is 8.24. The van der Waals surface area contributed by atoms with Gasteiger partial charge in [-0.1, -0.05) is 12.2 Å². The molecule has 0 fully saturated rings. The minimum atomic E-state index is -0.114. The summed E-state index contributed by atoms with van der Waals surface area (Å²) >= 11 is 5.41. The maximum atomic E-state index is 10.8. The third-order valence-electron chi connectivity index (χ3n) is 1.31. The molecule has 12 heavy (non-hydrogen) atoms. The van der Waals surface area contributed by atoms with Crippen LogP contribution in [0.25, 0.3) is 0 Å². The Morgan fingerprint density at radius 1 is 1.50 bits per heavy atom. The van der Waals surface area contributed by atoms with Gasteiger partial charge >= 0.3 is 5.97 Å². The highest BCUT2D eigenvalue weighted by atomic mass is 35.5. The first-order valence-corrected chi connectivity index (χ1v) is 4.71. The highest BCUT2D eigenvalue weighted by Gasteiger charge is 1.98. The van der Waals surface area contributed by atoms with Crippen LogP contribution in [0.4, 0.5) is 0 Å². The average molecular weight is 191 g/mol. The van der Waals surface area contributed by atoms with E-state index < -0.39 is 0 Å². The number of alkyl halides is 1. The first-order valence-electron chi connectivity index (χ1n) is 4.17. The van der Waals surface area contributed by atoms with E-state index in [4.69, 9.17) is 16.3 Å². The molecule has 0 rings (SSSR count). The van der Waals surface area contributed by atoms with E-state index >= 15 is 0 Å². The molecule has 0 radical (unpaired) electrons. The lowest BCUT2D eigenvalue weighted by Gasteiger charge is -1.98. The predicted molar refractivity (Wildman–Crippen MR) is 50.3 cm³/mol. The number of esters is 1. The minimum absolute atomic E-state index is 0.114. The molecular formula is C9H15ClO2. The summed E-state index contributed by atoms with van der Waals surface area (Å²) in [5, 5.41) is 0. The Balaban J connectivity index is 3.19. The maximum Gasteiger partial charge on any atom is 0.305 e. The molecule has 0 amide bonds. The van der Waals surface area contributed by atoms with E-state index in [1.807, 2.05) is 19.1 Å². The smallest absolute Gasteiger partial charge is 0.305 e. The quantitative estimate of drug-likeness (QED) is 0.279. The Bertz CT molecular complexity index is 143. The third-order valence-corrected chi connectivity index (χ3v) is 1.49. The third kappa shape index (κ3) is 7.61. The molecule has 0 heterocycles. The van der Waals surface area contributed by atoms with Gasteiger partial charge in [-0.15, -0.1) is 11.6 Å². The number of carbonyl (C=O) groups excluding carboxylic acids is 1. The molecule has 0 aliphatic carbocycles. The summed E-state index contributed by atoms with van der Waals surface area (Å²) < 4.78 is 4.76. The van der Waals surface area contributed by atoms with E-state index in [2.05, 4.69) is 0 Å². The minimum Gasteiger partial charge on any atom is -0.466 e. The summed E-state index contributed by atoms with van der Waals surface area (Å²) in [5.41, 5.74) is 0. The number of ether oxygens (including phenoxy) is 1. The maximum absolute atomic E-state index is 10.8. The van der Waals surface area contributed by atoms with Crippen LogP contribution >= 0.6 is 11.6 Å². The molecule has 0 N–H and O–H groups in total. The van der Waals surface area contributed by atoms with Crippen molar-refractivity contribution in [3.63, 3.8) is 0 Å². The van der Waals surface area contributed by atoms with Crippen molar-refractivity contribution in [2.45, 2.75) is 26.2 Å². The van der Waals surface area contributed by atoms with Gasteiger partial charge in [0.15, 0.2) is 0 Å². The van der Waals surface area contributed by atoms with Gasteiger partial charge in [0.2, 0.25) is 0 Å². The zero-order valence-corrected chi connectivity index (χ0v) is 8.14. The number of rotatable bonds is 6. The van der Waals surface area contributed by atoms with Crippen LogP contribution in [0.2, 0.25) is 0 Å². The topological polar surface area (TPSA) is 26.3 Å². The van der Waals surface area contributed by atoms with E-state index in [9.17, 15) is 4.79 Å². The van der Waals surface area contributed by atoms with Crippen molar-refractivity contribution in [3.8, 4) is 0 Å². The van der Waals surface area contributed by atoms with Gasteiger partial charge in [0.25, 0.3) is 0 Å². The molecule has 0 aromatic carbocycles. The number of unbranched alkanes of at least 4 members (excludes halogenated alkanes) is 1. The summed E-state index contributed by atoms with van der Waals surface area (Å²) in [6.45, 7) is 2.28. The van der Waals surface area contributed by atoms with Gasteiger partial charge in [-0.3, -0.25) is 4.79 Å². The second-order valence-corrected chi connectivity index (χ2v) is 2.63. The van der Waals surface area contributed by atoms with E-state index in [0.29, 0.717) is 18.9 Å². The lowest BCUT2D eigenvalue weighted by molar-refractivity contribution is -0.143. The van der Waals surface area contributed by atoms with Gasteiger partial charge in [0.05, 0.1) is 6.61 Å². The van der Waals surface area contributed by atoms with Gasteiger partial charge in [0.1, 0.15) is 0 Å². The van der Waals surface area contributed by atoms with Crippen LogP contribution in [0.15, 0.2) is 12.2 Å². The first-order chi connectivity index (χ1) is 5.81. The van der Waals surface area contributed by atoms with Crippen molar-refractivity contribution in [1.29, 1.82) is 0 Å². The number of allylic oxidation sites excluding steroid dienone is 2. The fourth-order valence-electron chi connectivity index (χ4n) is 0.778. The van der Waals surface area contributed by atoms with Crippen molar-refractivity contribution >= 4 is 17.6 Å². The molecule has 0 aliphatic heterocycles. The lowest BCUT2D eigenvalue weighted by Crippen LogP contribution is -2.02. The molecule has 3 heteroatoms. The van der Waals surface area contributed by atoms with Crippen LogP contribution in [-0.2, 0) is 9.53 Å². The Morgan fingerprint density at radius 2 is 2.25 bits per heavy atom. The van der Waals surface area contributed by atoms with E-state index in [1.165, 1.54) is 0 Å².